The fourth-order valence-electron chi connectivity index (χ4n) is 1.45. The van der Waals surface area contributed by atoms with Crippen LogP contribution in [0.5, 0.6) is 0 Å². The Balaban J connectivity index is 2.28. The number of thiophene rings is 1. The molecule has 0 bridgehead atoms. The first-order valence-corrected chi connectivity index (χ1v) is 5.78. The van der Waals surface area contributed by atoms with Crippen LogP contribution in [0.2, 0.25) is 5.15 Å². The standard InChI is InChI=1S/C10H6ClN3OS/c1-5-4-6-8(11)13-9(14-10(6)16-5)7-2-3-12-15-7/h2-4H,1H3. The van der Waals surface area contributed by atoms with Gasteiger partial charge in [0.1, 0.15) is 9.98 Å². The molecule has 6 heteroatoms. The maximum absolute atomic E-state index is 6.09. The van der Waals surface area contributed by atoms with E-state index in [0.29, 0.717) is 16.7 Å². The summed E-state index contributed by atoms with van der Waals surface area (Å²) in [6, 6.07) is 3.68. The van der Waals surface area contributed by atoms with Gasteiger partial charge in [0.05, 0.1) is 6.20 Å². The summed E-state index contributed by atoms with van der Waals surface area (Å²) < 4.78 is 5.00. The number of hydrogen-bond donors (Lipinski definition) is 0. The van der Waals surface area contributed by atoms with Crippen molar-refractivity contribution in [3.05, 3.63) is 28.4 Å². The Morgan fingerprint density at radius 1 is 1.38 bits per heavy atom. The predicted molar refractivity (Wildman–Crippen MR) is 62.7 cm³/mol. The van der Waals surface area contributed by atoms with Crippen molar-refractivity contribution in [2.24, 2.45) is 0 Å². The molecule has 0 radical (unpaired) electrons. The highest BCUT2D eigenvalue weighted by atomic mass is 35.5. The largest absolute Gasteiger partial charge is 0.353 e. The van der Waals surface area contributed by atoms with Gasteiger partial charge in [-0.05, 0) is 13.0 Å². The molecule has 0 spiro atoms. The van der Waals surface area contributed by atoms with Gasteiger partial charge in [-0.1, -0.05) is 16.8 Å². The van der Waals surface area contributed by atoms with Crippen molar-refractivity contribution in [3.63, 3.8) is 0 Å². The fraction of sp³-hybridized carbons (Fsp3) is 0.100. The van der Waals surface area contributed by atoms with Crippen molar-refractivity contribution in [1.82, 2.24) is 15.1 Å². The average molecular weight is 252 g/mol. The molecule has 0 amide bonds. The second-order valence-corrected chi connectivity index (χ2v) is 4.88. The van der Waals surface area contributed by atoms with Crippen LogP contribution in [-0.2, 0) is 0 Å². The summed E-state index contributed by atoms with van der Waals surface area (Å²) in [6.45, 7) is 2.01. The molecule has 3 rings (SSSR count). The van der Waals surface area contributed by atoms with E-state index in [4.69, 9.17) is 16.1 Å². The monoisotopic (exact) mass is 251 g/mol. The summed E-state index contributed by atoms with van der Waals surface area (Å²) in [5, 5.41) is 4.95. The fourth-order valence-corrected chi connectivity index (χ4v) is 2.61. The third kappa shape index (κ3) is 1.48. The normalized spacial score (nSPS) is 11.1. The minimum atomic E-state index is 0.445. The van der Waals surface area contributed by atoms with Crippen molar-refractivity contribution in [2.75, 3.05) is 0 Å². The van der Waals surface area contributed by atoms with Gasteiger partial charge in [0, 0.05) is 16.3 Å². The summed E-state index contributed by atoms with van der Waals surface area (Å²) in [7, 11) is 0. The molecule has 0 aliphatic heterocycles. The quantitative estimate of drug-likeness (QED) is 0.623. The lowest BCUT2D eigenvalue weighted by molar-refractivity contribution is 0.430. The highest BCUT2D eigenvalue weighted by Crippen LogP contribution is 2.30. The molecular formula is C10H6ClN3OS. The highest BCUT2D eigenvalue weighted by Gasteiger charge is 2.12. The SMILES string of the molecule is Cc1cc2c(Cl)nc(-c3ccno3)nc2s1. The molecule has 3 aromatic rings. The van der Waals surface area contributed by atoms with Crippen molar-refractivity contribution in [1.29, 1.82) is 0 Å². The number of fused-ring (bicyclic) bond motifs is 1. The molecule has 0 aliphatic rings. The number of nitrogens with zero attached hydrogens (tertiary/aromatic N) is 3. The molecule has 0 N–H and O–H groups in total. The summed E-state index contributed by atoms with van der Waals surface area (Å²) in [5.41, 5.74) is 0. The Kier molecular flexibility index (Phi) is 2.15. The van der Waals surface area contributed by atoms with Crippen molar-refractivity contribution in [3.8, 4) is 11.6 Å². The van der Waals surface area contributed by atoms with E-state index < -0.39 is 0 Å². The Morgan fingerprint density at radius 3 is 3.00 bits per heavy atom. The summed E-state index contributed by atoms with van der Waals surface area (Å²) in [6.07, 6.45) is 1.55. The molecule has 3 heterocycles. The Bertz CT molecular complexity index is 647. The molecule has 0 saturated heterocycles. The van der Waals surface area contributed by atoms with Crippen LogP contribution in [0.4, 0.5) is 0 Å². The van der Waals surface area contributed by atoms with Crippen molar-refractivity contribution in [2.45, 2.75) is 6.92 Å². The molecule has 80 valence electrons. The second kappa shape index (κ2) is 3.54. The van der Waals surface area contributed by atoms with E-state index >= 15 is 0 Å². The molecule has 16 heavy (non-hydrogen) atoms. The van der Waals surface area contributed by atoms with Gasteiger partial charge in [-0.15, -0.1) is 11.3 Å². The van der Waals surface area contributed by atoms with Crippen LogP contribution in [0.1, 0.15) is 4.88 Å². The first-order valence-electron chi connectivity index (χ1n) is 4.59. The summed E-state index contributed by atoms with van der Waals surface area (Å²) in [5.74, 6) is 0.992. The van der Waals surface area contributed by atoms with Gasteiger partial charge >= 0.3 is 0 Å². The van der Waals surface area contributed by atoms with Gasteiger partial charge in [0.15, 0.2) is 0 Å². The van der Waals surface area contributed by atoms with Crippen LogP contribution in [-0.4, -0.2) is 15.1 Å². The zero-order chi connectivity index (χ0) is 11.1. The van der Waals surface area contributed by atoms with E-state index in [1.165, 1.54) is 0 Å². The number of aromatic nitrogens is 3. The van der Waals surface area contributed by atoms with E-state index in [9.17, 15) is 0 Å². The predicted octanol–water partition coefficient (Wildman–Crippen LogP) is 3.31. The van der Waals surface area contributed by atoms with Gasteiger partial charge in [-0.25, -0.2) is 9.97 Å². The molecule has 3 aromatic heterocycles. The minimum Gasteiger partial charge on any atom is -0.353 e. The van der Waals surface area contributed by atoms with Crippen LogP contribution in [0.3, 0.4) is 0 Å². The number of rotatable bonds is 1. The van der Waals surface area contributed by atoms with Gasteiger partial charge in [0.25, 0.3) is 0 Å². The average Bonchev–Trinajstić information content (AvgIpc) is 2.84. The topological polar surface area (TPSA) is 51.8 Å². The van der Waals surface area contributed by atoms with Gasteiger partial charge in [0.2, 0.25) is 11.6 Å². The molecule has 0 unspecified atom stereocenters. The highest BCUT2D eigenvalue weighted by molar-refractivity contribution is 7.18. The van der Waals surface area contributed by atoms with Crippen LogP contribution < -0.4 is 0 Å². The molecule has 0 fully saturated rings. The van der Waals surface area contributed by atoms with Gasteiger partial charge < -0.3 is 4.52 Å². The van der Waals surface area contributed by atoms with Crippen LogP contribution in [0, 0.1) is 6.92 Å². The van der Waals surface area contributed by atoms with Gasteiger partial charge in [-0.3, -0.25) is 0 Å². The lowest BCUT2D eigenvalue weighted by Gasteiger charge is -1.96. The van der Waals surface area contributed by atoms with Crippen LogP contribution in [0.15, 0.2) is 22.9 Å². The lowest BCUT2D eigenvalue weighted by Crippen LogP contribution is -1.87. The van der Waals surface area contributed by atoms with Crippen molar-refractivity contribution >= 4 is 33.2 Å². The van der Waals surface area contributed by atoms with Crippen molar-refractivity contribution < 1.29 is 4.52 Å². The Labute approximate surface area is 99.9 Å². The third-order valence-corrected chi connectivity index (χ3v) is 3.36. The molecule has 0 atom stereocenters. The number of halogens is 1. The number of aryl methyl sites for hydroxylation is 1. The Hall–Kier alpha value is -1.46. The first-order chi connectivity index (χ1) is 7.74. The second-order valence-electron chi connectivity index (χ2n) is 3.29. The van der Waals surface area contributed by atoms with E-state index in [2.05, 4.69) is 15.1 Å². The number of hydrogen-bond acceptors (Lipinski definition) is 5. The first kappa shape index (κ1) is 9.74. The van der Waals surface area contributed by atoms with Crippen LogP contribution in [0.25, 0.3) is 21.8 Å². The minimum absolute atomic E-state index is 0.445. The molecule has 0 aliphatic carbocycles. The lowest BCUT2D eigenvalue weighted by atomic mass is 10.3. The van der Waals surface area contributed by atoms with E-state index in [-0.39, 0.29) is 0 Å². The Morgan fingerprint density at radius 2 is 2.25 bits per heavy atom. The smallest absolute Gasteiger partial charge is 0.204 e. The maximum atomic E-state index is 6.09. The maximum Gasteiger partial charge on any atom is 0.204 e. The third-order valence-electron chi connectivity index (χ3n) is 2.13. The molecule has 0 aromatic carbocycles. The summed E-state index contributed by atoms with van der Waals surface area (Å²) >= 11 is 7.67. The summed E-state index contributed by atoms with van der Waals surface area (Å²) in [4.78, 5) is 10.6. The molecular weight excluding hydrogens is 246 g/mol. The van der Waals surface area contributed by atoms with E-state index in [1.54, 1.807) is 23.6 Å². The van der Waals surface area contributed by atoms with Gasteiger partial charge in [-0.2, -0.15) is 0 Å². The van der Waals surface area contributed by atoms with E-state index in [1.807, 2.05) is 13.0 Å². The molecule has 4 nitrogen and oxygen atoms in total. The molecule has 0 saturated carbocycles. The zero-order valence-corrected chi connectivity index (χ0v) is 9.84. The van der Waals surface area contributed by atoms with Crippen LogP contribution >= 0.6 is 22.9 Å². The zero-order valence-electron chi connectivity index (χ0n) is 8.27. The van der Waals surface area contributed by atoms with E-state index in [0.717, 1.165) is 15.1 Å².